The van der Waals surface area contributed by atoms with Gasteiger partial charge in [0.1, 0.15) is 0 Å². The maximum absolute atomic E-state index is 11.5. The second-order valence-electron chi connectivity index (χ2n) is 2.97. The number of carbonyl (C=O) groups excluding carboxylic acids is 1. The fourth-order valence-electron chi connectivity index (χ4n) is 1.19. The number of hydrogen-bond acceptors (Lipinski definition) is 4. The Kier molecular flexibility index (Phi) is 3.94. The third-order valence-electron chi connectivity index (χ3n) is 1.94. The van der Waals surface area contributed by atoms with Crippen molar-refractivity contribution in [2.75, 3.05) is 13.7 Å². The predicted molar refractivity (Wildman–Crippen MR) is 57.7 cm³/mol. The van der Waals surface area contributed by atoms with Crippen molar-refractivity contribution >= 4 is 17.4 Å². The van der Waals surface area contributed by atoms with E-state index in [0.717, 1.165) is 0 Å². The number of nitrogens with two attached hydrogens (primary N) is 1. The van der Waals surface area contributed by atoms with E-state index in [4.69, 9.17) is 22.1 Å². The zero-order valence-corrected chi connectivity index (χ0v) is 9.04. The lowest BCUT2D eigenvalue weighted by Crippen LogP contribution is -2.08. The maximum Gasteiger partial charge on any atom is 0.165 e. The molecule has 0 amide bonds. The first-order chi connectivity index (χ1) is 7.10. The molecule has 0 aliphatic heterocycles. The SMILES string of the molecule is COc1cc(C(=O)CCN)c(Cl)cc1O. The molecule has 0 saturated carbocycles. The molecule has 0 saturated heterocycles. The van der Waals surface area contributed by atoms with E-state index in [2.05, 4.69) is 0 Å². The second-order valence-corrected chi connectivity index (χ2v) is 3.37. The van der Waals surface area contributed by atoms with Gasteiger partial charge in [0.15, 0.2) is 17.3 Å². The number of phenols is 1. The topological polar surface area (TPSA) is 72.5 Å². The molecule has 15 heavy (non-hydrogen) atoms. The van der Waals surface area contributed by atoms with Crippen LogP contribution in [0.4, 0.5) is 0 Å². The summed E-state index contributed by atoms with van der Waals surface area (Å²) in [5, 5.41) is 9.58. The molecule has 0 radical (unpaired) electrons. The van der Waals surface area contributed by atoms with E-state index in [1.54, 1.807) is 0 Å². The van der Waals surface area contributed by atoms with Crippen LogP contribution in [0.1, 0.15) is 16.8 Å². The average Bonchev–Trinajstić information content (AvgIpc) is 2.18. The van der Waals surface area contributed by atoms with E-state index in [0.29, 0.717) is 5.56 Å². The highest BCUT2D eigenvalue weighted by Crippen LogP contribution is 2.32. The molecule has 0 aliphatic carbocycles. The summed E-state index contributed by atoms with van der Waals surface area (Å²) in [6.07, 6.45) is 0.216. The van der Waals surface area contributed by atoms with Gasteiger partial charge in [0.2, 0.25) is 0 Å². The third kappa shape index (κ3) is 2.61. The fourth-order valence-corrected chi connectivity index (χ4v) is 1.45. The first-order valence-electron chi connectivity index (χ1n) is 4.40. The Morgan fingerprint density at radius 3 is 2.80 bits per heavy atom. The van der Waals surface area contributed by atoms with Gasteiger partial charge in [-0.15, -0.1) is 0 Å². The number of ether oxygens (including phenoxy) is 1. The molecule has 4 nitrogen and oxygen atoms in total. The Morgan fingerprint density at radius 2 is 2.27 bits per heavy atom. The van der Waals surface area contributed by atoms with E-state index in [-0.39, 0.29) is 35.3 Å². The summed E-state index contributed by atoms with van der Waals surface area (Å²) < 4.78 is 4.88. The van der Waals surface area contributed by atoms with Crippen LogP contribution in [0.2, 0.25) is 5.02 Å². The van der Waals surface area contributed by atoms with Crippen molar-refractivity contribution in [1.29, 1.82) is 0 Å². The van der Waals surface area contributed by atoms with Gasteiger partial charge in [-0.3, -0.25) is 4.79 Å². The number of rotatable bonds is 4. The molecule has 0 aromatic heterocycles. The van der Waals surface area contributed by atoms with Crippen molar-refractivity contribution in [3.8, 4) is 11.5 Å². The molecule has 0 unspecified atom stereocenters. The monoisotopic (exact) mass is 229 g/mol. The number of methoxy groups -OCH3 is 1. The molecule has 3 N–H and O–H groups in total. The number of halogens is 1. The number of phenolic OH excluding ortho intramolecular Hbond substituents is 1. The Hall–Kier alpha value is -1.26. The van der Waals surface area contributed by atoms with Gasteiger partial charge in [0, 0.05) is 18.1 Å². The minimum atomic E-state index is -0.166. The maximum atomic E-state index is 11.5. The largest absolute Gasteiger partial charge is 0.504 e. The standard InChI is InChI=1S/C10H12ClNO3/c1-15-10-4-6(8(13)2-3-12)7(11)5-9(10)14/h4-5,14H,2-3,12H2,1H3. The first kappa shape index (κ1) is 11.8. The molecule has 1 aromatic rings. The molecule has 1 aromatic carbocycles. The van der Waals surface area contributed by atoms with Crippen molar-refractivity contribution in [3.05, 3.63) is 22.7 Å². The van der Waals surface area contributed by atoms with Crippen LogP contribution in [-0.4, -0.2) is 24.5 Å². The molecule has 0 heterocycles. The average molecular weight is 230 g/mol. The second kappa shape index (κ2) is 5.00. The van der Waals surface area contributed by atoms with E-state index in [1.807, 2.05) is 0 Å². The van der Waals surface area contributed by atoms with E-state index in [9.17, 15) is 9.90 Å². The van der Waals surface area contributed by atoms with Crippen molar-refractivity contribution < 1.29 is 14.6 Å². The predicted octanol–water partition coefficient (Wildman–Crippen LogP) is 1.59. The summed E-state index contributed by atoms with van der Waals surface area (Å²) in [7, 11) is 1.40. The molecule has 0 atom stereocenters. The fraction of sp³-hybridized carbons (Fsp3) is 0.300. The molecule has 0 spiro atoms. The minimum Gasteiger partial charge on any atom is -0.504 e. The smallest absolute Gasteiger partial charge is 0.165 e. The van der Waals surface area contributed by atoms with Crippen LogP contribution in [0.5, 0.6) is 11.5 Å². The molecule has 0 bridgehead atoms. The van der Waals surface area contributed by atoms with Crippen LogP contribution < -0.4 is 10.5 Å². The van der Waals surface area contributed by atoms with Gasteiger partial charge in [0.05, 0.1) is 12.1 Å². The summed E-state index contributed by atoms with van der Waals surface area (Å²) in [4.78, 5) is 11.5. The van der Waals surface area contributed by atoms with Crippen LogP contribution >= 0.6 is 11.6 Å². The summed E-state index contributed by atoms with van der Waals surface area (Å²) >= 11 is 5.81. The van der Waals surface area contributed by atoms with Crippen LogP contribution in [0.3, 0.4) is 0 Å². The van der Waals surface area contributed by atoms with Crippen LogP contribution in [0, 0.1) is 0 Å². The van der Waals surface area contributed by atoms with Gasteiger partial charge < -0.3 is 15.6 Å². The minimum absolute atomic E-state index is 0.0909. The highest BCUT2D eigenvalue weighted by molar-refractivity contribution is 6.34. The number of ketones is 1. The Balaban J connectivity index is 3.12. The van der Waals surface area contributed by atoms with Crippen LogP contribution in [0.15, 0.2) is 12.1 Å². The van der Waals surface area contributed by atoms with E-state index in [1.165, 1.54) is 19.2 Å². The van der Waals surface area contributed by atoms with E-state index < -0.39 is 0 Å². The van der Waals surface area contributed by atoms with Crippen molar-refractivity contribution in [2.45, 2.75) is 6.42 Å². The van der Waals surface area contributed by atoms with Gasteiger partial charge in [-0.25, -0.2) is 0 Å². The number of carbonyl (C=O) groups is 1. The third-order valence-corrected chi connectivity index (χ3v) is 2.25. The number of benzene rings is 1. The number of aromatic hydroxyl groups is 1. The van der Waals surface area contributed by atoms with Gasteiger partial charge in [0.25, 0.3) is 0 Å². The number of Topliss-reactive ketones (excluding diaryl/α,β-unsaturated/α-hetero) is 1. The van der Waals surface area contributed by atoms with Crippen molar-refractivity contribution in [1.82, 2.24) is 0 Å². The summed E-state index contributed by atoms with van der Waals surface area (Å²) in [6, 6.07) is 2.69. The quantitative estimate of drug-likeness (QED) is 0.769. The zero-order chi connectivity index (χ0) is 11.4. The molecule has 1 rings (SSSR count). The Labute approximate surface area is 92.6 Å². The Bertz CT molecular complexity index is 379. The number of hydrogen-bond donors (Lipinski definition) is 2. The van der Waals surface area contributed by atoms with Gasteiger partial charge in [-0.2, -0.15) is 0 Å². The molecule has 0 aliphatic rings. The molecule has 5 heteroatoms. The lowest BCUT2D eigenvalue weighted by Gasteiger charge is -2.07. The van der Waals surface area contributed by atoms with Gasteiger partial charge in [-0.1, -0.05) is 11.6 Å². The normalized spacial score (nSPS) is 10.1. The molecule has 82 valence electrons. The Morgan fingerprint density at radius 1 is 1.60 bits per heavy atom. The first-order valence-corrected chi connectivity index (χ1v) is 4.77. The summed E-state index contributed by atoms with van der Waals surface area (Å²) in [6.45, 7) is 0.262. The lowest BCUT2D eigenvalue weighted by atomic mass is 10.1. The highest BCUT2D eigenvalue weighted by atomic mass is 35.5. The van der Waals surface area contributed by atoms with Crippen molar-refractivity contribution in [3.63, 3.8) is 0 Å². The van der Waals surface area contributed by atoms with Gasteiger partial charge in [-0.05, 0) is 12.6 Å². The van der Waals surface area contributed by atoms with Crippen molar-refractivity contribution in [2.24, 2.45) is 5.73 Å². The van der Waals surface area contributed by atoms with Crippen LogP contribution in [0.25, 0.3) is 0 Å². The lowest BCUT2D eigenvalue weighted by molar-refractivity contribution is 0.0985. The molecular weight excluding hydrogens is 218 g/mol. The highest BCUT2D eigenvalue weighted by Gasteiger charge is 2.13. The molecule has 0 fully saturated rings. The summed E-state index contributed by atoms with van der Waals surface area (Å²) in [5.41, 5.74) is 5.59. The zero-order valence-electron chi connectivity index (χ0n) is 8.29. The summed E-state index contributed by atoms with van der Waals surface area (Å²) in [5.74, 6) is -0.0348. The van der Waals surface area contributed by atoms with E-state index >= 15 is 0 Å². The molecular formula is C10H12ClNO3. The van der Waals surface area contributed by atoms with Gasteiger partial charge >= 0.3 is 0 Å². The van der Waals surface area contributed by atoms with Crippen LogP contribution in [-0.2, 0) is 0 Å².